The van der Waals surface area contributed by atoms with Crippen LogP contribution in [0.4, 0.5) is 0 Å². The first-order chi connectivity index (χ1) is 25.3. The summed E-state index contributed by atoms with van der Waals surface area (Å²) in [6.07, 6.45) is 1.28. The third kappa shape index (κ3) is 8.98. The van der Waals surface area contributed by atoms with Crippen LogP contribution in [0.15, 0.2) is 109 Å². The van der Waals surface area contributed by atoms with E-state index in [0.717, 1.165) is 11.1 Å². The van der Waals surface area contributed by atoms with Crippen molar-refractivity contribution in [3.8, 4) is 23.0 Å². The molecule has 0 unspecified atom stereocenters. The number of esters is 2. The maximum absolute atomic E-state index is 14.5. The minimum atomic E-state index is -1.17. The molecule has 4 atom stereocenters. The number of amides is 2. The standard InChI is InChI=1S/C42H46N2O8/c1-5-25-43(27-29-17-21-33(22-18-29)51-31-13-9-7-10-14-31)39(45)35-36(38(42(48)50-4)37(35)41(47)49-3)40(46)44(26-6-2)28-30-19-23-34(24-20-30)52-32-15-11-8-12-16-32/h7-24,35-38H,5-6,25-28H2,1-4H3/t35-,36-,37-,38-/m1/s1. The average Bonchev–Trinajstić information content (AvgIpc) is 3.16. The van der Waals surface area contributed by atoms with Gasteiger partial charge in [0.2, 0.25) is 11.8 Å². The molecular formula is C42H46N2O8. The van der Waals surface area contributed by atoms with Crippen molar-refractivity contribution < 1.29 is 38.1 Å². The smallest absolute Gasteiger partial charge is 0.310 e. The Balaban J connectivity index is 1.38. The maximum atomic E-state index is 14.5. The number of para-hydroxylation sites is 2. The Morgan fingerprint density at radius 3 is 1.12 bits per heavy atom. The number of benzene rings is 4. The summed E-state index contributed by atoms with van der Waals surface area (Å²) < 4.78 is 22.0. The molecule has 0 aromatic heterocycles. The molecule has 0 saturated heterocycles. The summed E-state index contributed by atoms with van der Waals surface area (Å²) >= 11 is 0. The molecule has 1 aliphatic rings. The van der Waals surface area contributed by atoms with Crippen LogP contribution in [0, 0.1) is 23.7 Å². The van der Waals surface area contributed by atoms with Crippen molar-refractivity contribution in [3.05, 3.63) is 120 Å². The molecular weight excluding hydrogens is 660 g/mol. The van der Waals surface area contributed by atoms with Crippen LogP contribution in [0.3, 0.4) is 0 Å². The number of rotatable bonds is 16. The highest BCUT2D eigenvalue weighted by molar-refractivity contribution is 6.00. The number of hydrogen-bond donors (Lipinski definition) is 0. The van der Waals surface area contributed by atoms with Gasteiger partial charge in [-0.05, 0) is 72.5 Å². The van der Waals surface area contributed by atoms with Gasteiger partial charge in [-0.1, -0.05) is 74.5 Å². The van der Waals surface area contributed by atoms with Gasteiger partial charge >= 0.3 is 11.9 Å². The molecule has 0 radical (unpaired) electrons. The van der Waals surface area contributed by atoms with Crippen molar-refractivity contribution in [2.24, 2.45) is 23.7 Å². The van der Waals surface area contributed by atoms with Crippen LogP contribution in [0.2, 0.25) is 0 Å². The number of nitrogens with zero attached hydrogens (tertiary/aromatic N) is 2. The molecule has 1 aliphatic carbocycles. The normalized spacial score (nSPS) is 17.6. The van der Waals surface area contributed by atoms with Crippen molar-refractivity contribution >= 4 is 23.8 Å². The number of methoxy groups -OCH3 is 2. The zero-order chi connectivity index (χ0) is 37.0. The number of hydrogen-bond acceptors (Lipinski definition) is 8. The van der Waals surface area contributed by atoms with E-state index in [1.807, 2.05) is 123 Å². The molecule has 1 saturated carbocycles. The fraction of sp³-hybridized carbons (Fsp3) is 0.333. The van der Waals surface area contributed by atoms with Crippen molar-refractivity contribution in [3.63, 3.8) is 0 Å². The van der Waals surface area contributed by atoms with Gasteiger partial charge in [0, 0.05) is 26.2 Å². The SMILES string of the molecule is CCCN(Cc1ccc(Oc2ccccc2)cc1)C(=O)[C@H]1[C@@H](C(=O)OC)[C@H](C(=O)OC)[C@@H]1C(=O)N(CCC)Cc1ccc(Oc2ccccc2)cc1. The molecule has 52 heavy (non-hydrogen) atoms. The topological polar surface area (TPSA) is 112 Å². The van der Waals surface area contributed by atoms with Crippen molar-refractivity contribution in [1.82, 2.24) is 9.80 Å². The van der Waals surface area contributed by atoms with Crippen molar-refractivity contribution in [2.45, 2.75) is 39.8 Å². The Morgan fingerprint density at radius 2 is 0.808 bits per heavy atom. The zero-order valence-corrected chi connectivity index (χ0v) is 30.1. The monoisotopic (exact) mass is 706 g/mol. The van der Waals surface area contributed by atoms with E-state index in [9.17, 15) is 19.2 Å². The molecule has 1 fully saturated rings. The van der Waals surface area contributed by atoms with Gasteiger partial charge in [-0.25, -0.2) is 0 Å². The number of ether oxygens (including phenoxy) is 4. The van der Waals surface area contributed by atoms with E-state index in [1.54, 1.807) is 9.80 Å². The molecule has 2 amide bonds. The largest absolute Gasteiger partial charge is 0.469 e. The van der Waals surface area contributed by atoms with Gasteiger partial charge in [0.05, 0.1) is 37.9 Å². The molecule has 5 rings (SSSR count). The quantitative estimate of drug-likeness (QED) is 0.112. The second-order valence-corrected chi connectivity index (χ2v) is 12.8. The lowest BCUT2D eigenvalue weighted by molar-refractivity contribution is -0.190. The highest BCUT2D eigenvalue weighted by atomic mass is 16.5. The Bertz CT molecular complexity index is 1650. The fourth-order valence-electron chi connectivity index (χ4n) is 6.73. The highest BCUT2D eigenvalue weighted by Crippen LogP contribution is 2.50. The van der Waals surface area contributed by atoms with Gasteiger partial charge in [-0.2, -0.15) is 0 Å². The number of carbonyl (C=O) groups is 4. The summed E-state index contributed by atoms with van der Waals surface area (Å²) in [4.78, 5) is 58.8. The van der Waals surface area contributed by atoms with E-state index in [0.29, 0.717) is 48.9 Å². The molecule has 272 valence electrons. The summed E-state index contributed by atoms with van der Waals surface area (Å²) in [5.41, 5.74) is 1.69. The van der Waals surface area contributed by atoms with Crippen molar-refractivity contribution in [1.29, 1.82) is 0 Å². The first-order valence-electron chi connectivity index (χ1n) is 17.6. The van der Waals surface area contributed by atoms with E-state index in [2.05, 4.69) is 0 Å². The third-order valence-corrected chi connectivity index (χ3v) is 9.23. The van der Waals surface area contributed by atoms with E-state index in [-0.39, 0.29) is 24.9 Å². The number of carbonyl (C=O) groups excluding carboxylic acids is 4. The Labute approximate surface area is 305 Å². The van der Waals surface area contributed by atoms with Crippen LogP contribution in [-0.4, -0.2) is 60.9 Å². The molecule has 10 heteroatoms. The second kappa shape index (κ2) is 18.0. The summed E-state index contributed by atoms with van der Waals surface area (Å²) in [5.74, 6) is -4.09. The fourth-order valence-corrected chi connectivity index (χ4v) is 6.73. The maximum Gasteiger partial charge on any atom is 0.310 e. The van der Waals surface area contributed by atoms with E-state index in [4.69, 9.17) is 18.9 Å². The molecule has 0 heterocycles. The minimum absolute atomic E-state index is 0.239. The lowest BCUT2D eigenvalue weighted by Gasteiger charge is -2.49. The van der Waals surface area contributed by atoms with E-state index >= 15 is 0 Å². The first-order valence-corrected chi connectivity index (χ1v) is 17.6. The Morgan fingerprint density at radius 1 is 0.481 bits per heavy atom. The zero-order valence-electron chi connectivity index (χ0n) is 30.1. The molecule has 4 aromatic rings. The Hall–Kier alpha value is -5.64. The predicted octanol–water partition coefficient (Wildman–Crippen LogP) is 7.27. The van der Waals surface area contributed by atoms with Crippen LogP contribution < -0.4 is 9.47 Å². The predicted molar refractivity (Wildman–Crippen MR) is 195 cm³/mol. The second-order valence-electron chi connectivity index (χ2n) is 12.8. The van der Waals surface area contributed by atoms with Crippen LogP contribution in [0.5, 0.6) is 23.0 Å². The van der Waals surface area contributed by atoms with Crippen LogP contribution in [0.1, 0.15) is 37.8 Å². The molecule has 0 aliphatic heterocycles. The average molecular weight is 707 g/mol. The summed E-state index contributed by atoms with van der Waals surface area (Å²) in [5, 5.41) is 0. The lowest BCUT2D eigenvalue weighted by atomic mass is 9.55. The summed E-state index contributed by atoms with van der Waals surface area (Å²) in [6.45, 7) is 5.14. The lowest BCUT2D eigenvalue weighted by Crippen LogP contribution is -2.64. The van der Waals surface area contributed by atoms with Crippen LogP contribution in [0.25, 0.3) is 0 Å². The van der Waals surface area contributed by atoms with Gasteiger partial charge in [0.25, 0.3) is 0 Å². The van der Waals surface area contributed by atoms with Gasteiger partial charge in [-0.15, -0.1) is 0 Å². The summed E-state index contributed by atoms with van der Waals surface area (Å²) in [7, 11) is 2.43. The van der Waals surface area contributed by atoms with Crippen LogP contribution in [-0.2, 0) is 41.7 Å². The molecule has 4 aromatic carbocycles. The van der Waals surface area contributed by atoms with Crippen molar-refractivity contribution in [2.75, 3.05) is 27.3 Å². The van der Waals surface area contributed by atoms with E-state index < -0.39 is 35.6 Å². The third-order valence-electron chi connectivity index (χ3n) is 9.23. The van der Waals surface area contributed by atoms with Gasteiger partial charge < -0.3 is 28.7 Å². The Kier molecular flexibility index (Phi) is 13.0. The van der Waals surface area contributed by atoms with Crippen LogP contribution >= 0.6 is 0 Å². The van der Waals surface area contributed by atoms with Gasteiger partial charge in [-0.3, -0.25) is 19.2 Å². The van der Waals surface area contributed by atoms with E-state index in [1.165, 1.54) is 14.2 Å². The van der Waals surface area contributed by atoms with Gasteiger partial charge in [0.1, 0.15) is 23.0 Å². The molecule has 0 spiro atoms. The highest BCUT2D eigenvalue weighted by Gasteiger charge is 2.65. The summed E-state index contributed by atoms with van der Waals surface area (Å²) in [6, 6.07) is 33.7. The molecule has 0 bridgehead atoms. The minimum Gasteiger partial charge on any atom is -0.469 e. The first kappa shape index (κ1) is 37.6. The van der Waals surface area contributed by atoms with Gasteiger partial charge in [0.15, 0.2) is 0 Å². The molecule has 0 N–H and O–H groups in total. The molecule has 10 nitrogen and oxygen atoms in total.